The molecule has 2 aliphatic rings. The van der Waals surface area contributed by atoms with E-state index in [1.54, 1.807) is 29.2 Å². The van der Waals surface area contributed by atoms with E-state index < -0.39 is 15.8 Å². The lowest BCUT2D eigenvalue weighted by Crippen LogP contribution is -2.40. The minimum Gasteiger partial charge on any atom is -0.352 e. The number of anilines is 1. The van der Waals surface area contributed by atoms with Crippen LogP contribution in [0.2, 0.25) is 5.02 Å². The molecule has 2 amide bonds. The fraction of sp³-hybridized carbons (Fsp3) is 0.467. The third-order valence-corrected chi connectivity index (χ3v) is 6.20. The molecule has 2 atom stereocenters. The lowest BCUT2D eigenvalue weighted by molar-refractivity contribution is -0.126. The van der Waals surface area contributed by atoms with Crippen LogP contribution in [0, 0.1) is 5.92 Å². The van der Waals surface area contributed by atoms with Crippen LogP contribution in [0.25, 0.3) is 0 Å². The van der Waals surface area contributed by atoms with Gasteiger partial charge in [-0.2, -0.15) is 0 Å². The standard InChI is InChI=1S/C15H17ClN2O4S/c16-11-2-1-3-13(7-11)18-8-10(6-14(18)19)15(20)17-12-4-5-23(21,22)9-12/h1-3,7,10,12H,4-6,8-9H2,(H,17,20)/t10-,12+/m1/s1. The molecule has 0 aliphatic carbocycles. The maximum Gasteiger partial charge on any atom is 0.227 e. The summed E-state index contributed by atoms with van der Waals surface area (Å²) in [6.07, 6.45) is 0.560. The van der Waals surface area contributed by atoms with E-state index in [0.29, 0.717) is 17.1 Å². The van der Waals surface area contributed by atoms with Gasteiger partial charge in [0.05, 0.1) is 17.4 Å². The molecule has 0 saturated carbocycles. The monoisotopic (exact) mass is 356 g/mol. The fourth-order valence-corrected chi connectivity index (χ4v) is 4.86. The Balaban J connectivity index is 1.64. The predicted molar refractivity (Wildman–Crippen MR) is 87.1 cm³/mol. The van der Waals surface area contributed by atoms with E-state index in [-0.39, 0.29) is 42.3 Å². The van der Waals surface area contributed by atoms with Gasteiger partial charge >= 0.3 is 0 Å². The molecule has 23 heavy (non-hydrogen) atoms. The van der Waals surface area contributed by atoms with Crippen LogP contribution in [0.4, 0.5) is 5.69 Å². The van der Waals surface area contributed by atoms with E-state index >= 15 is 0 Å². The molecule has 2 aliphatic heterocycles. The van der Waals surface area contributed by atoms with Crippen molar-refractivity contribution in [1.82, 2.24) is 5.32 Å². The first-order chi connectivity index (χ1) is 10.8. The van der Waals surface area contributed by atoms with Crippen molar-refractivity contribution in [2.24, 2.45) is 5.92 Å². The molecule has 3 rings (SSSR count). The summed E-state index contributed by atoms with van der Waals surface area (Å²) in [4.78, 5) is 26.0. The van der Waals surface area contributed by atoms with Crippen LogP contribution >= 0.6 is 11.6 Å². The van der Waals surface area contributed by atoms with Crippen molar-refractivity contribution in [1.29, 1.82) is 0 Å². The molecule has 124 valence electrons. The zero-order chi connectivity index (χ0) is 16.6. The van der Waals surface area contributed by atoms with E-state index in [1.165, 1.54) is 0 Å². The number of amides is 2. The van der Waals surface area contributed by atoms with Gasteiger partial charge in [0.25, 0.3) is 0 Å². The summed E-state index contributed by atoms with van der Waals surface area (Å²) < 4.78 is 22.9. The van der Waals surface area contributed by atoms with E-state index in [1.807, 2.05) is 0 Å². The highest BCUT2D eigenvalue weighted by Crippen LogP contribution is 2.27. The van der Waals surface area contributed by atoms with Gasteiger partial charge in [0.15, 0.2) is 9.84 Å². The second-order valence-electron chi connectivity index (χ2n) is 5.99. The van der Waals surface area contributed by atoms with Gasteiger partial charge in [-0.05, 0) is 24.6 Å². The van der Waals surface area contributed by atoms with Crippen LogP contribution in [0.3, 0.4) is 0 Å². The van der Waals surface area contributed by atoms with Crippen LogP contribution in [0.15, 0.2) is 24.3 Å². The summed E-state index contributed by atoms with van der Waals surface area (Å²) in [7, 11) is -3.04. The number of sulfone groups is 1. The Kier molecular flexibility index (Phi) is 4.33. The Labute approximate surface area is 139 Å². The average molecular weight is 357 g/mol. The number of nitrogens with one attached hydrogen (secondary N) is 1. The highest BCUT2D eigenvalue weighted by Gasteiger charge is 2.37. The quantitative estimate of drug-likeness (QED) is 0.875. The Morgan fingerprint density at radius 3 is 2.78 bits per heavy atom. The molecular formula is C15H17ClN2O4S. The highest BCUT2D eigenvalue weighted by molar-refractivity contribution is 7.91. The average Bonchev–Trinajstić information content (AvgIpc) is 3.01. The van der Waals surface area contributed by atoms with E-state index in [0.717, 1.165) is 0 Å². The summed E-state index contributed by atoms with van der Waals surface area (Å²) in [5, 5.41) is 3.28. The zero-order valence-electron chi connectivity index (χ0n) is 12.4. The number of hydrogen-bond acceptors (Lipinski definition) is 4. The third kappa shape index (κ3) is 3.67. The number of carbonyl (C=O) groups is 2. The topological polar surface area (TPSA) is 83.5 Å². The number of carbonyl (C=O) groups excluding carboxylic acids is 2. The molecule has 1 aromatic rings. The first kappa shape index (κ1) is 16.3. The van der Waals surface area contributed by atoms with Gasteiger partial charge in [-0.15, -0.1) is 0 Å². The van der Waals surface area contributed by atoms with Crippen molar-refractivity contribution in [2.75, 3.05) is 23.0 Å². The molecule has 1 N–H and O–H groups in total. The fourth-order valence-electron chi connectivity index (χ4n) is 3.00. The first-order valence-electron chi connectivity index (χ1n) is 7.41. The van der Waals surface area contributed by atoms with E-state index in [2.05, 4.69) is 5.32 Å². The van der Waals surface area contributed by atoms with Crippen LogP contribution in [0.5, 0.6) is 0 Å². The SMILES string of the molecule is O=C(N[C@H]1CCS(=O)(=O)C1)[C@@H]1CC(=O)N(c2cccc(Cl)c2)C1. The second kappa shape index (κ2) is 6.13. The summed E-state index contributed by atoms with van der Waals surface area (Å²) in [6, 6.07) is 6.58. The van der Waals surface area contributed by atoms with E-state index in [9.17, 15) is 18.0 Å². The van der Waals surface area contributed by atoms with Crippen LogP contribution in [-0.2, 0) is 19.4 Å². The molecule has 0 aromatic heterocycles. The molecule has 2 saturated heterocycles. The second-order valence-corrected chi connectivity index (χ2v) is 8.66. The third-order valence-electron chi connectivity index (χ3n) is 4.19. The molecule has 6 nitrogen and oxygen atoms in total. The van der Waals surface area contributed by atoms with E-state index in [4.69, 9.17) is 11.6 Å². The summed E-state index contributed by atoms with van der Waals surface area (Å²) in [6.45, 7) is 0.282. The maximum absolute atomic E-state index is 12.3. The summed E-state index contributed by atoms with van der Waals surface area (Å²) in [5.41, 5.74) is 0.668. The van der Waals surface area contributed by atoms with Crippen molar-refractivity contribution < 1.29 is 18.0 Å². The maximum atomic E-state index is 12.3. The number of benzene rings is 1. The number of nitrogens with zero attached hydrogens (tertiary/aromatic N) is 1. The van der Waals surface area contributed by atoms with Gasteiger partial charge in [0.1, 0.15) is 0 Å². The van der Waals surface area contributed by atoms with Gasteiger partial charge < -0.3 is 10.2 Å². The van der Waals surface area contributed by atoms with Gasteiger partial charge in [-0.1, -0.05) is 17.7 Å². The number of rotatable bonds is 3. The molecule has 1 aromatic carbocycles. The molecule has 2 heterocycles. The van der Waals surface area contributed by atoms with Crippen molar-refractivity contribution in [2.45, 2.75) is 18.9 Å². The Bertz CT molecular complexity index is 750. The van der Waals surface area contributed by atoms with Gasteiger partial charge in [-0.3, -0.25) is 9.59 Å². The molecule has 8 heteroatoms. The summed E-state index contributed by atoms with van der Waals surface area (Å²) in [5.74, 6) is -0.769. The van der Waals surface area contributed by atoms with Crippen LogP contribution in [-0.4, -0.2) is 44.3 Å². The van der Waals surface area contributed by atoms with Gasteiger partial charge in [-0.25, -0.2) is 8.42 Å². The Hall–Kier alpha value is -1.60. The molecule has 0 spiro atoms. The number of halogens is 1. The smallest absolute Gasteiger partial charge is 0.227 e. The minimum absolute atomic E-state index is 0.0165. The highest BCUT2D eigenvalue weighted by atomic mass is 35.5. The summed E-state index contributed by atoms with van der Waals surface area (Å²) >= 11 is 5.94. The van der Waals surface area contributed by atoms with Crippen molar-refractivity contribution >= 4 is 38.9 Å². The molecule has 0 bridgehead atoms. The van der Waals surface area contributed by atoms with Crippen molar-refractivity contribution in [3.63, 3.8) is 0 Å². The predicted octanol–water partition coefficient (Wildman–Crippen LogP) is 0.996. The molecular weight excluding hydrogens is 340 g/mol. The molecule has 0 unspecified atom stereocenters. The lowest BCUT2D eigenvalue weighted by Gasteiger charge is -2.18. The van der Waals surface area contributed by atoms with Crippen molar-refractivity contribution in [3.8, 4) is 0 Å². The number of hydrogen-bond donors (Lipinski definition) is 1. The largest absolute Gasteiger partial charge is 0.352 e. The first-order valence-corrected chi connectivity index (χ1v) is 9.61. The van der Waals surface area contributed by atoms with Crippen molar-refractivity contribution in [3.05, 3.63) is 29.3 Å². The minimum atomic E-state index is -3.04. The molecule has 2 fully saturated rings. The zero-order valence-corrected chi connectivity index (χ0v) is 13.9. The lowest BCUT2D eigenvalue weighted by atomic mass is 10.1. The molecule has 0 radical (unpaired) electrons. The van der Waals surface area contributed by atoms with Gasteiger partial charge in [0.2, 0.25) is 11.8 Å². The van der Waals surface area contributed by atoms with Gasteiger partial charge in [0, 0.05) is 29.7 Å². The van der Waals surface area contributed by atoms with Crippen LogP contribution < -0.4 is 10.2 Å². The Morgan fingerprint density at radius 1 is 1.35 bits per heavy atom. The van der Waals surface area contributed by atoms with Crippen LogP contribution in [0.1, 0.15) is 12.8 Å². The Morgan fingerprint density at radius 2 is 2.13 bits per heavy atom. The normalized spacial score (nSPS) is 26.5.